The van der Waals surface area contributed by atoms with Crippen LogP contribution in [0.5, 0.6) is 0 Å². The van der Waals surface area contributed by atoms with Gasteiger partial charge in [-0.05, 0) is 13.8 Å². The van der Waals surface area contributed by atoms with Crippen molar-refractivity contribution in [1.82, 2.24) is 0 Å². The topological polar surface area (TPSA) is 38.7 Å². The Morgan fingerprint density at radius 3 is 2.60 bits per heavy atom. The fourth-order valence-electron chi connectivity index (χ4n) is 1.00. The van der Waals surface area contributed by atoms with Crippen LogP contribution in [0.25, 0.3) is 0 Å². The Kier molecular flexibility index (Phi) is 2.65. The zero-order valence-corrected chi connectivity index (χ0v) is 6.41. The molecule has 1 saturated heterocycles. The van der Waals surface area contributed by atoms with E-state index in [2.05, 4.69) is 0 Å². The van der Waals surface area contributed by atoms with Gasteiger partial charge in [0.15, 0.2) is 0 Å². The van der Waals surface area contributed by atoms with E-state index >= 15 is 0 Å². The lowest BCUT2D eigenvalue weighted by molar-refractivity contribution is -0.0410. The smallest absolute Gasteiger partial charge is 0.109 e. The summed E-state index contributed by atoms with van der Waals surface area (Å²) < 4.78 is 10.3. The van der Waals surface area contributed by atoms with E-state index in [4.69, 9.17) is 9.47 Å². The summed E-state index contributed by atoms with van der Waals surface area (Å²) in [6.07, 6.45) is -0.372. The van der Waals surface area contributed by atoms with E-state index in [1.54, 1.807) is 0 Å². The second kappa shape index (κ2) is 3.32. The van der Waals surface area contributed by atoms with Crippen molar-refractivity contribution in [2.24, 2.45) is 0 Å². The molecule has 1 fully saturated rings. The van der Waals surface area contributed by atoms with Crippen molar-refractivity contribution < 1.29 is 14.6 Å². The molecular formula is C7H14O3. The van der Waals surface area contributed by atoms with E-state index in [1.165, 1.54) is 0 Å². The summed E-state index contributed by atoms with van der Waals surface area (Å²) in [5, 5.41) is 9.19. The number of hydrogen-bond acceptors (Lipinski definition) is 3. The van der Waals surface area contributed by atoms with E-state index in [-0.39, 0.29) is 12.2 Å². The van der Waals surface area contributed by atoms with Gasteiger partial charge >= 0.3 is 0 Å². The van der Waals surface area contributed by atoms with Gasteiger partial charge < -0.3 is 14.6 Å². The Morgan fingerprint density at radius 2 is 2.20 bits per heavy atom. The van der Waals surface area contributed by atoms with Crippen molar-refractivity contribution in [2.45, 2.75) is 32.2 Å². The third kappa shape index (κ3) is 1.94. The summed E-state index contributed by atoms with van der Waals surface area (Å²) in [7, 11) is 0. The van der Waals surface area contributed by atoms with Crippen LogP contribution in [0.1, 0.15) is 13.8 Å². The molecule has 1 aliphatic heterocycles. The van der Waals surface area contributed by atoms with Gasteiger partial charge in [0.2, 0.25) is 0 Å². The predicted octanol–water partition coefficient (Wildman–Crippen LogP) is 0.171. The number of ether oxygens (including phenoxy) is 2. The quantitative estimate of drug-likeness (QED) is 0.603. The second-order valence-corrected chi connectivity index (χ2v) is 2.83. The normalized spacial score (nSPS) is 33.6. The van der Waals surface area contributed by atoms with Crippen molar-refractivity contribution in [2.75, 3.05) is 13.2 Å². The van der Waals surface area contributed by atoms with Gasteiger partial charge in [0.25, 0.3) is 0 Å². The maximum atomic E-state index is 9.19. The van der Waals surface area contributed by atoms with Gasteiger partial charge in [0.05, 0.1) is 19.3 Å². The lowest BCUT2D eigenvalue weighted by Gasteiger charge is -2.16. The van der Waals surface area contributed by atoms with Gasteiger partial charge in [-0.3, -0.25) is 0 Å². The van der Waals surface area contributed by atoms with E-state index in [1.807, 2.05) is 13.8 Å². The summed E-state index contributed by atoms with van der Waals surface area (Å²) in [6.45, 7) is 4.84. The van der Waals surface area contributed by atoms with Crippen LogP contribution in [0.3, 0.4) is 0 Å². The monoisotopic (exact) mass is 146 g/mol. The molecule has 1 rings (SSSR count). The highest BCUT2D eigenvalue weighted by molar-refractivity contribution is 4.74. The molecule has 0 aromatic carbocycles. The zero-order valence-electron chi connectivity index (χ0n) is 6.41. The van der Waals surface area contributed by atoms with Gasteiger partial charge in [0, 0.05) is 0 Å². The van der Waals surface area contributed by atoms with Crippen LogP contribution in [0, 0.1) is 0 Å². The molecule has 0 saturated carbocycles. The van der Waals surface area contributed by atoms with Gasteiger partial charge in [0.1, 0.15) is 12.2 Å². The lowest BCUT2D eigenvalue weighted by Crippen LogP contribution is -2.29. The molecule has 0 aromatic heterocycles. The molecule has 0 unspecified atom stereocenters. The molecule has 0 aromatic rings. The molecule has 0 radical (unpaired) electrons. The van der Waals surface area contributed by atoms with Crippen LogP contribution in [0.2, 0.25) is 0 Å². The standard InChI is InChI=1S/C7H14O3/c1-5(2)10-7-4-9-3-6(7)8/h5-8H,3-4H2,1-2H3/t6-,7+/m1/s1. The largest absolute Gasteiger partial charge is 0.388 e. The number of rotatable bonds is 2. The van der Waals surface area contributed by atoms with Crippen LogP contribution in [-0.4, -0.2) is 36.6 Å². The molecule has 0 amide bonds. The van der Waals surface area contributed by atoms with Crippen LogP contribution in [0.4, 0.5) is 0 Å². The minimum absolute atomic E-state index is 0.111. The third-order valence-electron chi connectivity index (χ3n) is 1.45. The highest BCUT2D eigenvalue weighted by atomic mass is 16.6. The molecule has 0 spiro atoms. The SMILES string of the molecule is CC(C)O[C@H]1COC[C@H]1O. The Balaban J connectivity index is 2.26. The number of aliphatic hydroxyl groups excluding tert-OH is 1. The Hall–Kier alpha value is -0.120. The van der Waals surface area contributed by atoms with Crippen LogP contribution in [-0.2, 0) is 9.47 Å². The molecule has 60 valence electrons. The lowest BCUT2D eigenvalue weighted by atomic mass is 10.2. The Labute approximate surface area is 60.9 Å². The fourth-order valence-corrected chi connectivity index (χ4v) is 1.00. The van der Waals surface area contributed by atoms with Gasteiger partial charge in [-0.25, -0.2) is 0 Å². The number of hydrogen-bond donors (Lipinski definition) is 1. The van der Waals surface area contributed by atoms with Crippen LogP contribution in [0.15, 0.2) is 0 Å². The first kappa shape index (κ1) is 7.98. The van der Waals surface area contributed by atoms with Gasteiger partial charge in [-0.2, -0.15) is 0 Å². The highest BCUT2D eigenvalue weighted by Crippen LogP contribution is 2.10. The number of aliphatic hydroxyl groups is 1. The van der Waals surface area contributed by atoms with Gasteiger partial charge in [-0.1, -0.05) is 0 Å². The Bertz CT molecular complexity index is 103. The molecule has 3 heteroatoms. The molecule has 3 nitrogen and oxygen atoms in total. The third-order valence-corrected chi connectivity index (χ3v) is 1.45. The van der Waals surface area contributed by atoms with Gasteiger partial charge in [-0.15, -0.1) is 0 Å². The minimum atomic E-state index is -0.428. The molecule has 1 N–H and O–H groups in total. The summed E-state index contributed by atoms with van der Waals surface area (Å²) in [5.74, 6) is 0. The minimum Gasteiger partial charge on any atom is -0.388 e. The first-order chi connectivity index (χ1) is 4.70. The van der Waals surface area contributed by atoms with E-state index in [0.29, 0.717) is 13.2 Å². The Morgan fingerprint density at radius 1 is 1.50 bits per heavy atom. The molecule has 2 atom stereocenters. The molecule has 1 aliphatic rings. The molecular weight excluding hydrogens is 132 g/mol. The second-order valence-electron chi connectivity index (χ2n) is 2.83. The van der Waals surface area contributed by atoms with Crippen molar-refractivity contribution in [3.05, 3.63) is 0 Å². The zero-order chi connectivity index (χ0) is 7.56. The maximum Gasteiger partial charge on any atom is 0.109 e. The summed E-state index contributed by atoms with van der Waals surface area (Å²) in [6, 6.07) is 0. The van der Waals surface area contributed by atoms with E-state index in [0.717, 1.165) is 0 Å². The molecule has 0 aliphatic carbocycles. The summed E-state index contributed by atoms with van der Waals surface area (Å²) in [5.41, 5.74) is 0. The van der Waals surface area contributed by atoms with Crippen molar-refractivity contribution in [3.63, 3.8) is 0 Å². The first-order valence-electron chi connectivity index (χ1n) is 3.61. The van der Waals surface area contributed by atoms with Crippen molar-refractivity contribution in [3.8, 4) is 0 Å². The molecule has 1 heterocycles. The molecule has 10 heavy (non-hydrogen) atoms. The average Bonchev–Trinajstić information content (AvgIpc) is 2.15. The predicted molar refractivity (Wildman–Crippen MR) is 36.8 cm³/mol. The van der Waals surface area contributed by atoms with Crippen molar-refractivity contribution in [1.29, 1.82) is 0 Å². The summed E-state index contributed by atoms with van der Waals surface area (Å²) >= 11 is 0. The van der Waals surface area contributed by atoms with E-state index < -0.39 is 6.10 Å². The van der Waals surface area contributed by atoms with E-state index in [9.17, 15) is 5.11 Å². The molecule has 0 bridgehead atoms. The van der Waals surface area contributed by atoms with Crippen LogP contribution >= 0.6 is 0 Å². The summed E-state index contributed by atoms with van der Waals surface area (Å²) in [4.78, 5) is 0. The fraction of sp³-hybridized carbons (Fsp3) is 1.00. The maximum absolute atomic E-state index is 9.19. The van der Waals surface area contributed by atoms with Crippen molar-refractivity contribution >= 4 is 0 Å². The first-order valence-corrected chi connectivity index (χ1v) is 3.61. The average molecular weight is 146 g/mol. The van der Waals surface area contributed by atoms with Crippen LogP contribution < -0.4 is 0 Å². The highest BCUT2D eigenvalue weighted by Gasteiger charge is 2.27.